The summed E-state index contributed by atoms with van der Waals surface area (Å²) in [6.07, 6.45) is 0. The van der Waals surface area contributed by atoms with Crippen LogP contribution in [0.5, 0.6) is 5.75 Å². The van der Waals surface area contributed by atoms with E-state index >= 15 is 0 Å². The number of anilines is 3. The Balaban J connectivity index is 1.90. The first-order chi connectivity index (χ1) is 12.0. The van der Waals surface area contributed by atoms with Gasteiger partial charge in [-0.05, 0) is 30.3 Å². The first-order valence-electron chi connectivity index (χ1n) is 8.06. The van der Waals surface area contributed by atoms with Crippen LogP contribution in [0.25, 0.3) is 0 Å². The van der Waals surface area contributed by atoms with Gasteiger partial charge >= 0.3 is 0 Å². The third kappa shape index (κ3) is 5.84. The SMILES string of the molecule is COc1cccc(NC(=O)CNc2cccc(NC(=O)C(C)C)c2)c1. The lowest BCUT2D eigenvalue weighted by molar-refractivity contribution is -0.119. The first-order valence-corrected chi connectivity index (χ1v) is 8.06. The number of hydrogen-bond donors (Lipinski definition) is 3. The molecule has 0 aliphatic carbocycles. The van der Waals surface area contributed by atoms with Gasteiger partial charge in [-0.15, -0.1) is 0 Å². The van der Waals surface area contributed by atoms with Crippen LogP contribution in [-0.2, 0) is 9.59 Å². The van der Waals surface area contributed by atoms with E-state index in [9.17, 15) is 9.59 Å². The first kappa shape index (κ1) is 18.3. The van der Waals surface area contributed by atoms with Gasteiger partial charge < -0.3 is 20.7 Å². The quantitative estimate of drug-likeness (QED) is 0.722. The van der Waals surface area contributed by atoms with E-state index in [0.29, 0.717) is 17.1 Å². The van der Waals surface area contributed by atoms with Gasteiger partial charge in [0.15, 0.2) is 0 Å². The normalized spacial score (nSPS) is 10.2. The molecule has 0 saturated carbocycles. The molecule has 25 heavy (non-hydrogen) atoms. The molecule has 0 atom stereocenters. The fourth-order valence-corrected chi connectivity index (χ4v) is 2.08. The Morgan fingerprint density at radius 2 is 1.60 bits per heavy atom. The van der Waals surface area contributed by atoms with Crippen LogP contribution in [-0.4, -0.2) is 25.5 Å². The van der Waals surface area contributed by atoms with Crippen LogP contribution in [0.2, 0.25) is 0 Å². The average Bonchev–Trinajstić information content (AvgIpc) is 2.60. The number of carbonyl (C=O) groups excluding carboxylic acids is 2. The van der Waals surface area contributed by atoms with E-state index in [-0.39, 0.29) is 24.3 Å². The van der Waals surface area contributed by atoms with E-state index in [4.69, 9.17) is 4.74 Å². The molecule has 0 saturated heterocycles. The second-order valence-electron chi connectivity index (χ2n) is 5.86. The maximum absolute atomic E-state index is 12.1. The summed E-state index contributed by atoms with van der Waals surface area (Å²) >= 11 is 0. The molecule has 2 aromatic rings. The lowest BCUT2D eigenvalue weighted by atomic mass is 10.2. The van der Waals surface area contributed by atoms with Crippen molar-refractivity contribution in [3.05, 3.63) is 48.5 Å². The molecule has 0 fully saturated rings. The number of methoxy groups -OCH3 is 1. The van der Waals surface area contributed by atoms with Crippen molar-refractivity contribution in [1.29, 1.82) is 0 Å². The minimum Gasteiger partial charge on any atom is -0.497 e. The van der Waals surface area contributed by atoms with E-state index in [1.807, 2.05) is 44.2 Å². The second-order valence-corrected chi connectivity index (χ2v) is 5.86. The largest absolute Gasteiger partial charge is 0.497 e. The topological polar surface area (TPSA) is 79.5 Å². The summed E-state index contributed by atoms with van der Waals surface area (Å²) in [5, 5.41) is 8.67. The molecule has 0 bridgehead atoms. The molecule has 0 aliphatic heterocycles. The fourth-order valence-electron chi connectivity index (χ4n) is 2.08. The average molecular weight is 341 g/mol. The van der Waals surface area contributed by atoms with Crippen molar-refractivity contribution in [3.63, 3.8) is 0 Å². The molecule has 6 nitrogen and oxygen atoms in total. The predicted molar refractivity (Wildman–Crippen MR) is 100 cm³/mol. The molecule has 2 amide bonds. The molecule has 3 N–H and O–H groups in total. The zero-order chi connectivity index (χ0) is 18.2. The van der Waals surface area contributed by atoms with Crippen molar-refractivity contribution in [3.8, 4) is 5.75 Å². The van der Waals surface area contributed by atoms with Crippen LogP contribution in [0.3, 0.4) is 0 Å². The molecule has 0 unspecified atom stereocenters. The third-order valence-electron chi connectivity index (χ3n) is 3.46. The van der Waals surface area contributed by atoms with E-state index in [1.165, 1.54) is 0 Å². The van der Waals surface area contributed by atoms with Crippen molar-refractivity contribution < 1.29 is 14.3 Å². The highest BCUT2D eigenvalue weighted by molar-refractivity contribution is 5.94. The van der Waals surface area contributed by atoms with Crippen molar-refractivity contribution in [2.75, 3.05) is 29.6 Å². The molecular formula is C19H23N3O3. The lowest BCUT2D eigenvalue weighted by Crippen LogP contribution is -2.22. The van der Waals surface area contributed by atoms with Gasteiger partial charge in [-0.3, -0.25) is 9.59 Å². The van der Waals surface area contributed by atoms with Crippen LogP contribution in [0, 0.1) is 5.92 Å². The van der Waals surface area contributed by atoms with E-state index < -0.39 is 0 Å². The zero-order valence-electron chi connectivity index (χ0n) is 14.6. The summed E-state index contributed by atoms with van der Waals surface area (Å²) in [7, 11) is 1.58. The van der Waals surface area contributed by atoms with Crippen LogP contribution in [0.15, 0.2) is 48.5 Å². The standard InChI is InChI=1S/C19H23N3O3/c1-13(2)19(24)22-15-7-4-6-14(10-15)20-12-18(23)21-16-8-5-9-17(11-16)25-3/h4-11,13,20H,12H2,1-3H3,(H,21,23)(H,22,24). The van der Waals surface area contributed by atoms with Crippen molar-refractivity contribution in [1.82, 2.24) is 0 Å². The highest BCUT2D eigenvalue weighted by Crippen LogP contribution is 2.17. The maximum atomic E-state index is 12.1. The summed E-state index contributed by atoms with van der Waals surface area (Å²) < 4.78 is 5.13. The van der Waals surface area contributed by atoms with Gasteiger partial charge in [-0.1, -0.05) is 26.0 Å². The minimum absolute atomic E-state index is 0.0482. The van der Waals surface area contributed by atoms with Crippen LogP contribution < -0.4 is 20.7 Å². The van der Waals surface area contributed by atoms with E-state index in [1.54, 1.807) is 25.3 Å². The Kier molecular flexibility index (Phi) is 6.39. The summed E-state index contributed by atoms with van der Waals surface area (Å²) in [4.78, 5) is 23.8. The smallest absolute Gasteiger partial charge is 0.243 e. The monoisotopic (exact) mass is 341 g/mol. The molecule has 0 radical (unpaired) electrons. The Morgan fingerprint density at radius 3 is 2.28 bits per heavy atom. The van der Waals surface area contributed by atoms with Crippen molar-refractivity contribution >= 4 is 28.9 Å². The number of carbonyl (C=O) groups is 2. The van der Waals surface area contributed by atoms with Crippen molar-refractivity contribution in [2.24, 2.45) is 5.92 Å². The number of ether oxygens (including phenoxy) is 1. The Morgan fingerprint density at radius 1 is 0.960 bits per heavy atom. The number of nitrogens with one attached hydrogen (secondary N) is 3. The Hall–Kier alpha value is -3.02. The molecule has 0 aromatic heterocycles. The van der Waals surface area contributed by atoms with Gasteiger partial charge in [0.2, 0.25) is 11.8 Å². The highest BCUT2D eigenvalue weighted by Gasteiger charge is 2.08. The molecule has 2 rings (SSSR count). The van der Waals surface area contributed by atoms with E-state index in [2.05, 4.69) is 16.0 Å². The van der Waals surface area contributed by atoms with Crippen LogP contribution >= 0.6 is 0 Å². The predicted octanol–water partition coefficient (Wildman–Crippen LogP) is 3.34. The van der Waals surface area contributed by atoms with Gasteiger partial charge in [-0.25, -0.2) is 0 Å². The molecule has 132 valence electrons. The molecule has 0 aliphatic rings. The second kappa shape index (κ2) is 8.73. The number of benzene rings is 2. The molecule has 2 aromatic carbocycles. The van der Waals surface area contributed by atoms with Gasteiger partial charge in [0, 0.05) is 29.0 Å². The Labute approximate surface area is 147 Å². The molecule has 6 heteroatoms. The Bertz CT molecular complexity index is 744. The molecule has 0 heterocycles. The summed E-state index contributed by atoms with van der Waals surface area (Å²) in [6, 6.07) is 14.4. The van der Waals surface area contributed by atoms with Gasteiger partial charge in [0.1, 0.15) is 5.75 Å². The van der Waals surface area contributed by atoms with Gasteiger partial charge in [-0.2, -0.15) is 0 Å². The van der Waals surface area contributed by atoms with Gasteiger partial charge in [0.05, 0.1) is 13.7 Å². The summed E-state index contributed by atoms with van der Waals surface area (Å²) in [5.74, 6) is 0.363. The van der Waals surface area contributed by atoms with Crippen LogP contribution in [0.1, 0.15) is 13.8 Å². The van der Waals surface area contributed by atoms with Crippen molar-refractivity contribution in [2.45, 2.75) is 13.8 Å². The lowest BCUT2D eigenvalue weighted by Gasteiger charge is -2.11. The summed E-state index contributed by atoms with van der Waals surface area (Å²) in [6.45, 7) is 3.78. The third-order valence-corrected chi connectivity index (χ3v) is 3.46. The highest BCUT2D eigenvalue weighted by atomic mass is 16.5. The van der Waals surface area contributed by atoms with Crippen LogP contribution in [0.4, 0.5) is 17.1 Å². The molecular weight excluding hydrogens is 318 g/mol. The number of amides is 2. The van der Waals surface area contributed by atoms with E-state index in [0.717, 1.165) is 5.69 Å². The fraction of sp³-hybridized carbons (Fsp3) is 0.263. The molecule has 0 spiro atoms. The zero-order valence-corrected chi connectivity index (χ0v) is 14.6. The van der Waals surface area contributed by atoms with Gasteiger partial charge in [0.25, 0.3) is 0 Å². The number of rotatable bonds is 7. The summed E-state index contributed by atoms with van der Waals surface area (Å²) in [5.41, 5.74) is 2.11. The maximum Gasteiger partial charge on any atom is 0.243 e. The number of hydrogen-bond acceptors (Lipinski definition) is 4. The minimum atomic E-state index is -0.176.